The minimum atomic E-state index is -4.12. The zero-order valence-electron chi connectivity index (χ0n) is 21.2. The number of alkyl halides is 2. The lowest BCUT2D eigenvalue weighted by atomic mass is 10.0. The van der Waals surface area contributed by atoms with E-state index in [1.165, 1.54) is 18.2 Å². The van der Waals surface area contributed by atoms with Crippen molar-refractivity contribution in [3.05, 3.63) is 69.7 Å². The van der Waals surface area contributed by atoms with E-state index in [-0.39, 0.29) is 38.9 Å². The number of rotatable bonds is 5. The van der Waals surface area contributed by atoms with Gasteiger partial charge >= 0.3 is 5.92 Å². The van der Waals surface area contributed by atoms with Crippen molar-refractivity contribution >= 4 is 35.2 Å². The maximum absolute atomic E-state index is 14.7. The Morgan fingerprint density at radius 3 is 2.75 bits per heavy atom. The van der Waals surface area contributed by atoms with Crippen LogP contribution in [0.25, 0.3) is 0 Å². The highest BCUT2D eigenvalue weighted by Crippen LogP contribution is 2.30. The molecule has 2 aliphatic heterocycles. The number of nitrogens with one attached hydrogen (secondary N) is 2. The van der Waals surface area contributed by atoms with Gasteiger partial charge in [0.1, 0.15) is 6.04 Å². The summed E-state index contributed by atoms with van der Waals surface area (Å²) in [5, 5.41) is -0.0183. The van der Waals surface area contributed by atoms with Crippen molar-refractivity contribution < 1.29 is 34.9 Å². The Bertz CT molecular complexity index is 1310. The number of carbonyl (C=O) groups excluding carboxylic acids is 4. The zero-order valence-corrected chi connectivity index (χ0v) is 17.0. The Labute approximate surface area is 193 Å². The van der Waals surface area contributed by atoms with Crippen LogP contribution < -0.4 is 10.6 Å². The summed E-state index contributed by atoms with van der Waals surface area (Å²) >= 11 is 5.69. The quantitative estimate of drug-likeness (QED) is 0.662. The molecule has 0 spiro atoms. The normalized spacial score (nSPS) is 23.5. The number of hydrogen-bond acceptors (Lipinski definition) is 4. The molecule has 2 aliphatic rings. The molecule has 0 saturated carbocycles. The number of imide groups is 1. The largest absolute Gasteiger partial charge is 0.349 e. The third-order valence-electron chi connectivity index (χ3n) is 4.99. The molecule has 1 saturated heterocycles. The molecule has 7 nitrogen and oxygen atoms in total. The van der Waals surface area contributed by atoms with Crippen molar-refractivity contribution in [1.82, 2.24) is 15.5 Å². The van der Waals surface area contributed by atoms with E-state index in [1.54, 1.807) is 0 Å². The van der Waals surface area contributed by atoms with E-state index in [0.29, 0.717) is 0 Å². The third-order valence-corrected chi connectivity index (χ3v) is 5.25. The molecule has 0 aliphatic carbocycles. The minimum absolute atomic E-state index is 0.0119. The molecule has 2 heterocycles. The van der Waals surface area contributed by atoms with E-state index in [4.69, 9.17) is 18.5 Å². The highest BCUT2D eigenvalue weighted by molar-refractivity contribution is 6.30. The molecule has 0 radical (unpaired) electrons. The monoisotopic (exact) mass is 466 g/mol. The first-order chi connectivity index (χ1) is 17.2. The second-order valence-electron chi connectivity index (χ2n) is 7.12. The number of hydrogen-bond donors (Lipinski definition) is 2. The van der Waals surface area contributed by atoms with Gasteiger partial charge in [-0.15, -0.1) is 0 Å². The van der Waals surface area contributed by atoms with Crippen LogP contribution in [0.5, 0.6) is 0 Å². The number of halogens is 3. The lowest BCUT2D eigenvalue weighted by Gasteiger charge is -2.29. The van der Waals surface area contributed by atoms with Crippen LogP contribution in [0.2, 0.25) is 7.85 Å². The van der Waals surface area contributed by atoms with Crippen LogP contribution in [-0.4, -0.2) is 34.6 Å². The molecule has 0 aromatic heterocycles. The van der Waals surface area contributed by atoms with Crippen LogP contribution >= 0.6 is 11.6 Å². The van der Waals surface area contributed by atoms with E-state index < -0.39 is 60.5 Å². The van der Waals surface area contributed by atoms with E-state index >= 15 is 0 Å². The first-order valence-electron chi connectivity index (χ1n) is 11.8. The highest BCUT2D eigenvalue weighted by Gasteiger charge is 2.41. The van der Waals surface area contributed by atoms with Gasteiger partial charge in [0.15, 0.2) is 2.82 Å². The Balaban J connectivity index is 1.57. The average Bonchev–Trinajstić information content (AvgIpc) is 3.16. The van der Waals surface area contributed by atoms with E-state index in [9.17, 15) is 28.0 Å². The third kappa shape index (κ3) is 4.08. The van der Waals surface area contributed by atoms with E-state index in [2.05, 4.69) is 0 Å². The fraction of sp³-hybridized carbons (Fsp3) is 0.273. The summed E-state index contributed by atoms with van der Waals surface area (Å²) in [5.74, 6) is -9.11. The Kier molecular flexibility index (Phi) is 4.24. The van der Waals surface area contributed by atoms with Gasteiger partial charge in [0.05, 0.1) is 1.37 Å². The van der Waals surface area contributed by atoms with Crippen LogP contribution in [-0.2, 0) is 33.4 Å². The summed E-state index contributed by atoms with van der Waals surface area (Å²) in [7, 11) is 0. The van der Waals surface area contributed by atoms with Crippen molar-refractivity contribution in [1.29, 1.82) is 0 Å². The smallest absolute Gasteiger partial charge is 0.346 e. The van der Waals surface area contributed by atoms with Crippen molar-refractivity contribution in [2.24, 2.45) is 0 Å². The minimum Gasteiger partial charge on any atom is -0.346 e. The van der Waals surface area contributed by atoms with Gasteiger partial charge in [0.25, 0.3) is 11.8 Å². The summed E-state index contributed by atoms with van der Waals surface area (Å²) in [6, 6.07) is 6.05. The van der Waals surface area contributed by atoms with Gasteiger partial charge in [-0.25, -0.2) is 0 Å². The van der Waals surface area contributed by atoms with Gasteiger partial charge in [0.2, 0.25) is 11.8 Å². The predicted octanol–water partition coefficient (Wildman–Crippen LogP) is 2.51. The molecule has 166 valence electrons. The molecule has 4 amide bonds. The van der Waals surface area contributed by atoms with Crippen LogP contribution in [0.15, 0.2) is 42.5 Å². The fourth-order valence-electron chi connectivity index (χ4n) is 3.39. The molecule has 0 bridgehead atoms. The SMILES string of the molecule is [2H]C(c1ccc2c(c1)CN(C1C(=O)N([2H])C(=O)CC1([2H])[2H])C2=O)N([2H])C(=O)C(F)(F)c1ccc(Cl)cc1. The van der Waals surface area contributed by atoms with Gasteiger partial charge in [-0.3, -0.25) is 24.5 Å². The summed E-state index contributed by atoms with van der Waals surface area (Å²) in [5.41, 5.74) is -0.571. The fourth-order valence-corrected chi connectivity index (χ4v) is 3.51. The molecular weight excluding hydrogens is 444 g/mol. The van der Waals surface area contributed by atoms with Crippen LogP contribution in [0.1, 0.15) is 44.0 Å². The van der Waals surface area contributed by atoms with Crippen LogP contribution in [0.3, 0.4) is 0 Å². The second-order valence-corrected chi connectivity index (χ2v) is 7.56. The first kappa shape index (κ1) is 16.3. The summed E-state index contributed by atoms with van der Waals surface area (Å²) < 4.78 is 69.3. The van der Waals surface area contributed by atoms with E-state index in [0.717, 1.165) is 29.2 Å². The molecule has 2 aromatic rings. The number of benzene rings is 2. The predicted molar refractivity (Wildman–Crippen MR) is 110 cm³/mol. The van der Waals surface area contributed by atoms with Gasteiger partial charge in [-0.1, -0.05) is 35.9 Å². The number of fused-ring (bicyclic) bond motifs is 1. The molecule has 10 heteroatoms. The van der Waals surface area contributed by atoms with Gasteiger partial charge in [0, 0.05) is 38.4 Å². The Morgan fingerprint density at radius 1 is 1.31 bits per heavy atom. The van der Waals surface area contributed by atoms with Crippen LogP contribution in [0, 0.1) is 0 Å². The summed E-state index contributed by atoms with van der Waals surface area (Å²) in [4.78, 5) is 50.5. The van der Waals surface area contributed by atoms with Crippen molar-refractivity contribution in [3.8, 4) is 0 Å². The molecule has 32 heavy (non-hydrogen) atoms. The zero-order chi connectivity index (χ0) is 27.4. The second kappa shape index (κ2) is 8.31. The van der Waals surface area contributed by atoms with Crippen molar-refractivity contribution in [2.45, 2.75) is 37.8 Å². The number of nitrogens with zero attached hydrogens (tertiary/aromatic N) is 1. The molecule has 2 aromatic carbocycles. The summed E-state index contributed by atoms with van der Waals surface area (Å²) in [6.07, 6.45) is -3.23. The lowest BCUT2D eigenvalue weighted by Crippen LogP contribution is -2.52. The molecular formula is C22H18ClF2N3O4. The first-order valence-corrected chi connectivity index (χ1v) is 9.72. The maximum atomic E-state index is 14.7. The number of piperidine rings is 1. The molecule has 2 atom stereocenters. The molecule has 4 rings (SSSR count). The standard InChI is InChI=1S/C22H18ClF2N3O4/c23-15-4-2-14(3-5-15)22(24,25)21(32)26-10-12-1-6-16-13(9-12)11-28(20(16)31)17-7-8-18(29)27-19(17)30/h1-6,9,17H,7-8,10-11H2,(H,26,32)(H,27,29,30)/i7D2,10D/hD2. The Hall–Kier alpha value is -3.33. The average molecular weight is 467 g/mol. The molecule has 2 N–H and O–H groups in total. The van der Waals surface area contributed by atoms with Crippen molar-refractivity contribution in [3.63, 3.8) is 0 Å². The van der Waals surface area contributed by atoms with Gasteiger partial charge < -0.3 is 10.2 Å². The van der Waals surface area contributed by atoms with Crippen molar-refractivity contribution in [2.75, 3.05) is 0 Å². The summed E-state index contributed by atoms with van der Waals surface area (Å²) in [6.45, 7) is -2.25. The van der Waals surface area contributed by atoms with Gasteiger partial charge in [-0.05, 0) is 35.7 Å². The lowest BCUT2D eigenvalue weighted by molar-refractivity contribution is -0.147. The van der Waals surface area contributed by atoms with Gasteiger partial charge in [-0.2, -0.15) is 8.78 Å². The highest BCUT2D eigenvalue weighted by atomic mass is 35.5. The topological polar surface area (TPSA) is 95.6 Å². The van der Waals surface area contributed by atoms with E-state index in [1.807, 2.05) is 0 Å². The molecule has 2 unspecified atom stereocenters. The number of amides is 4. The Morgan fingerprint density at radius 2 is 2.03 bits per heavy atom. The maximum Gasteiger partial charge on any atom is 0.349 e. The number of carbonyl (C=O) groups is 4. The van der Waals surface area contributed by atoms with Crippen LogP contribution in [0.4, 0.5) is 8.78 Å². The molecule has 1 fully saturated rings.